The first-order valence-corrected chi connectivity index (χ1v) is 7.01. The summed E-state index contributed by atoms with van der Waals surface area (Å²) in [5.74, 6) is -0.0000180. The summed E-state index contributed by atoms with van der Waals surface area (Å²) in [4.78, 5) is 16.6. The maximum absolute atomic E-state index is 11.5. The fourth-order valence-corrected chi connectivity index (χ4v) is 2.03. The van der Waals surface area contributed by atoms with E-state index in [1.165, 1.54) is 6.21 Å². The van der Waals surface area contributed by atoms with E-state index in [1.807, 2.05) is 0 Å². The zero-order valence-corrected chi connectivity index (χ0v) is 12.6. The largest absolute Gasteiger partial charge is 0.489 e. The zero-order valence-electron chi connectivity index (χ0n) is 11.9. The van der Waals surface area contributed by atoms with Crippen molar-refractivity contribution in [2.45, 2.75) is 19.4 Å². The summed E-state index contributed by atoms with van der Waals surface area (Å²) in [6.07, 6.45) is 1.15. The molecule has 0 bridgehead atoms. The van der Waals surface area contributed by atoms with Crippen molar-refractivity contribution in [2.75, 3.05) is 13.2 Å². The summed E-state index contributed by atoms with van der Waals surface area (Å²) in [5.41, 5.74) is 0.767. The van der Waals surface area contributed by atoms with E-state index in [2.05, 4.69) is 10.3 Å². The van der Waals surface area contributed by atoms with Crippen molar-refractivity contribution >= 4 is 29.5 Å². The number of halogens is 1. The molecular formula is C14H15ClN2O5. The van der Waals surface area contributed by atoms with E-state index in [0.717, 1.165) is 0 Å². The molecule has 0 amide bonds. The highest BCUT2D eigenvalue weighted by atomic mass is 35.5. The first-order valence-electron chi connectivity index (χ1n) is 6.63. The fourth-order valence-electron chi connectivity index (χ4n) is 1.85. The standard InChI is InChI=1S/C14H15ClN2O5/c1-2-20-14(18)12-6-11(22-17-12)8-21-13-4-3-10(15)5-9(13)7-16-19/h3-5,7,11,19H,2,6,8H2,1H3/b16-7-/t11-/m0/s1. The van der Waals surface area contributed by atoms with E-state index >= 15 is 0 Å². The predicted octanol–water partition coefficient (Wildman–Crippen LogP) is 2.23. The molecule has 0 radical (unpaired) electrons. The minimum atomic E-state index is -0.482. The summed E-state index contributed by atoms with van der Waals surface area (Å²) >= 11 is 5.87. The summed E-state index contributed by atoms with van der Waals surface area (Å²) in [6, 6.07) is 4.91. The SMILES string of the molecule is CCOC(=O)C1=NO[C@H](COc2ccc(Cl)cc2/C=N\O)C1. The quantitative estimate of drug-likeness (QED) is 0.375. The molecule has 1 N–H and O–H groups in total. The number of hydrogen-bond donors (Lipinski definition) is 1. The maximum Gasteiger partial charge on any atom is 0.356 e. The van der Waals surface area contributed by atoms with Crippen molar-refractivity contribution in [1.82, 2.24) is 0 Å². The monoisotopic (exact) mass is 326 g/mol. The Hall–Kier alpha value is -2.28. The highest BCUT2D eigenvalue weighted by molar-refractivity contribution is 6.36. The Morgan fingerprint density at radius 3 is 3.18 bits per heavy atom. The Labute approximate surface area is 132 Å². The van der Waals surface area contributed by atoms with Gasteiger partial charge in [-0.15, -0.1) is 0 Å². The van der Waals surface area contributed by atoms with Crippen LogP contribution in [0.2, 0.25) is 5.02 Å². The Kier molecular flexibility index (Phi) is 5.60. The average Bonchev–Trinajstić information content (AvgIpc) is 2.96. The predicted molar refractivity (Wildman–Crippen MR) is 79.9 cm³/mol. The van der Waals surface area contributed by atoms with Gasteiger partial charge in [0.05, 0.1) is 12.8 Å². The number of hydrogen-bond acceptors (Lipinski definition) is 7. The minimum absolute atomic E-state index is 0.181. The van der Waals surface area contributed by atoms with Gasteiger partial charge in [0.1, 0.15) is 12.4 Å². The molecule has 22 heavy (non-hydrogen) atoms. The van der Waals surface area contributed by atoms with Crippen molar-refractivity contribution in [3.05, 3.63) is 28.8 Å². The molecule has 0 spiro atoms. The molecule has 0 fully saturated rings. The minimum Gasteiger partial charge on any atom is -0.489 e. The lowest BCUT2D eigenvalue weighted by Crippen LogP contribution is -2.22. The van der Waals surface area contributed by atoms with Gasteiger partial charge < -0.3 is 19.5 Å². The molecule has 1 aromatic carbocycles. The molecule has 1 atom stereocenters. The van der Waals surface area contributed by atoms with Gasteiger partial charge in [0.15, 0.2) is 11.8 Å². The summed E-state index contributed by atoms with van der Waals surface area (Å²) < 4.78 is 10.5. The smallest absolute Gasteiger partial charge is 0.356 e. The van der Waals surface area contributed by atoms with Gasteiger partial charge in [-0.2, -0.15) is 0 Å². The number of rotatable bonds is 6. The van der Waals surface area contributed by atoms with Crippen LogP contribution in [0.5, 0.6) is 5.75 Å². The maximum atomic E-state index is 11.5. The van der Waals surface area contributed by atoms with Crippen LogP contribution in [-0.2, 0) is 14.4 Å². The lowest BCUT2D eigenvalue weighted by atomic mass is 10.2. The first-order chi connectivity index (χ1) is 10.6. The Morgan fingerprint density at radius 1 is 1.64 bits per heavy atom. The molecule has 1 heterocycles. The van der Waals surface area contributed by atoms with Gasteiger partial charge in [-0.05, 0) is 25.1 Å². The number of ether oxygens (including phenoxy) is 2. The number of carbonyl (C=O) groups excluding carboxylic acids is 1. The van der Waals surface area contributed by atoms with E-state index in [1.54, 1.807) is 25.1 Å². The summed E-state index contributed by atoms with van der Waals surface area (Å²) in [5, 5.41) is 15.8. The number of esters is 1. The number of nitrogens with zero attached hydrogens (tertiary/aromatic N) is 2. The molecule has 1 aromatic rings. The molecule has 0 saturated heterocycles. The van der Waals surface area contributed by atoms with Gasteiger partial charge >= 0.3 is 5.97 Å². The van der Waals surface area contributed by atoms with Crippen LogP contribution in [0.1, 0.15) is 18.9 Å². The van der Waals surface area contributed by atoms with Crippen LogP contribution >= 0.6 is 11.6 Å². The second kappa shape index (κ2) is 7.65. The molecular weight excluding hydrogens is 312 g/mol. The first kappa shape index (κ1) is 16.1. The fraction of sp³-hybridized carbons (Fsp3) is 0.357. The van der Waals surface area contributed by atoms with Gasteiger partial charge in [0.25, 0.3) is 0 Å². The third-order valence-corrected chi connectivity index (χ3v) is 3.07. The van der Waals surface area contributed by atoms with E-state index in [-0.39, 0.29) is 25.0 Å². The van der Waals surface area contributed by atoms with Gasteiger partial charge in [0, 0.05) is 17.0 Å². The van der Waals surface area contributed by atoms with E-state index in [4.69, 9.17) is 31.1 Å². The number of benzene rings is 1. The average molecular weight is 327 g/mol. The van der Waals surface area contributed by atoms with E-state index in [9.17, 15) is 4.79 Å². The lowest BCUT2D eigenvalue weighted by molar-refractivity contribution is -0.135. The third kappa shape index (κ3) is 4.11. The van der Waals surface area contributed by atoms with Gasteiger partial charge in [-0.25, -0.2) is 4.79 Å². The van der Waals surface area contributed by atoms with Crippen molar-refractivity contribution in [3.8, 4) is 5.75 Å². The summed E-state index contributed by atoms with van der Waals surface area (Å²) in [7, 11) is 0. The summed E-state index contributed by atoms with van der Waals surface area (Å²) in [6.45, 7) is 2.19. The van der Waals surface area contributed by atoms with E-state index in [0.29, 0.717) is 22.8 Å². The second-order valence-electron chi connectivity index (χ2n) is 4.43. The second-order valence-corrected chi connectivity index (χ2v) is 4.86. The van der Waals surface area contributed by atoms with Crippen molar-refractivity contribution < 1.29 is 24.3 Å². The molecule has 0 saturated carbocycles. The van der Waals surface area contributed by atoms with Crippen LogP contribution in [0.4, 0.5) is 0 Å². The molecule has 7 nitrogen and oxygen atoms in total. The molecule has 2 rings (SSSR count). The number of carbonyl (C=O) groups is 1. The molecule has 1 aliphatic heterocycles. The topological polar surface area (TPSA) is 89.7 Å². The molecule has 0 aromatic heterocycles. The van der Waals surface area contributed by atoms with Crippen LogP contribution in [-0.4, -0.2) is 42.4 Å². The molecule has 0 unspecified atom stereocenters. The molecule has 1 aliphatic rings. The van der Waals surface area contributed by atoms with Crippen LogP contribution in [0.3, 0.4) is 0 Å². The third-order valence-electron chi connectivity index (χ3n) is 2.84. The molecule has 0 aliphatic carbocycles. The normalized spacial score (nSPS) is 17.2. The Balaban J connectivity index is 1.91. The van der Waals surface area contributed by atoms with E-state index < -0.39 is 5.97 Å². The van der Waals surface area contributed by atoms with Crippen molar-refractivity contribution in [2.24, 2.45) is 10.3 Å². The highest BCUT2D eigenvalue weighted by Crippen LogP contribution is 2.22. The van der Waals surface area contributed by atoms with Crippen LogP contribution < -0.4 is 4.74 Å². The van der Waals surface area contributed by atoms with Gasteiger partial charge in [0.2, 0.25) is 0 Å². The highest BCUT2D eigenvalue weighted by Gasteiger charge is 2.27. The van der Waals surface area contributed by atoms with Gasteiger partial charge in [-0.3, -0.25) is 0 Å². The van der Waals surface area contributed by atoms with Gasteiger partial charge in [-0.1, -0.05) is 21.9 Å². The Morgan fingerprint density at radius 2 is 2.45 bits per heavy atom. The van der Waals surface area contributed by atoms with Crippen LogP contribution in [0, 0.1) is 0 Å². The van der Waals surface area contributed by atoms with Crippen molar-refractivity contribution in [1.29, 1.82) is 0 Å². The zero-order chi connectivity index (χ0) is 15.9. The Bertz CT molecular complexity index is 603. The molecule has 118 valence electrons. The number of oxime groups is 2. The van der Waals surface area contributed by atoms with Crippen molar-refractivity contribution in [3.63, 3.8) is 0 Å². The lowest BCUT2D eigenvalue weighted by Gasteiger charge is -2.12. The van der Waals surface area contributed by atoms with Crippen LogP contribution in [0.25, 0.3) is 0 Å². The molecule has 8 heteroatoms. The van der Waals surface area contributed by atoms with Crippen LogP contribution in [0.15, 0.2) is 28.5 Å².